The minimum absolute atomic E-state index is 1.24. The molecule has 3 heteroatoms. The van der Waals surface area contributed by atoms with Crippen LogP contribution >= 0.6 is 34.0 Å². The van der Waals surface area contributed by atoms with Crippen LogP contribution in [0.4, 0.5) is 0 Å². The Labute approximate surface area is 307 Å². The third-order valence-electron chi connectivity index (χ3n) is 10.3. The Morgan fingerprint density at radius 2 is 0.569 bits per heavy atom. The van der Waals surface area contributed by atoms with Gasteiger partial charge in [0.2, 0.25) is 0 Å². The van der Waals surface area contributed by atoms with Crippen LogP contribution in [0.5, 0.6) is 0 Å². The molecule has 0 saturated heterocycles. The van der Waals surface area contributed by atoms with Crippen LogP contribution in [-0.2, 0) is 0 Å². The van der Waals surface area contributed by atoms with Crippen molar-refractivity contribution in [3.63, 3.8) is 0 Å². The fraction of sp³-hybridized carbons (Fsp3) is 0. The highest BCUT2D eigenvalue weighted by Crippen LogP contribution is 2.46. The largest absolute Gasteiger partial charge is 0.135 e. The average Bonchev–Trinajstić information content (AvgIpc) is 3.89. The Morgan fingerprint density at radius 3 is 1.02 bits per heavy atom. The van der Waals surface area contributed by atoms with Gasteiger partial charge in [-0.3, -0.25) is 0 Å². The summed E-state index contributed by atoms with van der Waals surface area (Å²) in [5, 5.41) is 8.03. The quantitative estimate of drug-likeness (QED) is 0.171. The Balaban J connectivity index is 1.01. The van der Waals surface area contributed by atoms with E-state index >= 15 is 0 Å². The van der Waals surface area contributed by atoms with Crippen LogP contribution in [0.25, 0.3) is 105 Å². The zero-order valence-electron chi connectivity index (χ0n) is 27.4. The molecule has 238 valence electrons. The van der Waals surface area contributed by atoms with E-state index in [2.05, 4.69) is 170 Å². The molecule has 8 aromatic carbocycles. The van der Waals surface area contributed by atoms with Gasteiger partial charge in [0.15, 0.2) is 0 Å². The minimum atomic E-state index is 1.24. The van der Waals surface area contributed by atoms with Crippen molar-refractivity contribution in [2.45, 2.75) is 0 Å². The lowest BCUT2D eigenvalue weighted by molar-refractivity contribution is 1.64. The lowest BCUT2D eigenvalue weighted by atomic mass is 9.93. The van der Waals surface area contributed by atoms with Crippen LogP contribution in [0.2, 0.25) is 0 Å². The van der Waals surface area contributed by atoms with E-state index in [0.29, 0.717) is 0 Å². The molecule has 11 aromatic rings. The van der Waals surface area contributed by atoms with Gasteiger partial charge in [0.25, 0.3) is 0 Å². The number of rotatable bonds is 4. The molecule has 0 bridgehead atoms. The summed E-state index contributed by atoms with van der Waals surface area (Å²) >= 11 is 5.67. The molecule has 0 saturated carbocycles. The van der Waals surface area contributed by atoms with Crippen molar-refractivity contribution in [3.05, 3.63) is 170 Å². The number of hydrogen-bond acceptors (Lipinski definition) is 3. The molecule has 0 nitrogen and oxygen atoms in total. The molecule has 0 amide bonds. The molecule has 0 atom stereocenters. The summed E-state index contributed by atoms with van der Waals surface area (Å²) < 4.78 is 8.03. The second-order valence-corrected chi connectivity index (χ2v) is 16.4. The fourth-order valence-electron chi connectivity index (χ4n) is 7.96. The fourth-order valence-corrected chi connectivity index (χ4v) is 11.6. The van der Waals surface area contributed by atoms with Crippen LogP contribution < -0.4 is 0 Å². The van der Waals surface area contributed by atoms with Crippen molar-refractivity contribution in [1.82, 2.24) is 0 Å². The Bertz CT molecular complexity index is 2900. The first-order chi connectivity index (χ1) is 25.3. The zero-order valence-corrected chi connectivity index (χ0v) is 29.8. The van der Waals surface area contributed by atoms with E-state index in [-0.39, 0.29) is 0 Å². The molecule has 11 rings (SSSR count). The van der Waals surface area contributed by atoms with Gasteiger partial charge in [0.05, 0.1) is 0 Å². The molecular formula is C48H28S3. The molecule has 0 spiro atoms. The maximum absolute atomic E-state index is 2.31. The second kappa shape index (κ2) is 11.5. The summed E-state index contributed by atoms with van der Waals surface area (Å²) in [6.45, 7) is 0. The van der Waals surface area contributed by atoms with Gasteiger partial charge in [-0.2, -0.15) is 0 Å². The molecular weight excluding hydrogens is 673 g/mol. The summed E-state index contributed by atoms with van der Waals surface area (Å²) in [6, 6.07) is 62.9. The summed E-state index contributed by atoms with van der Waals surface area (Å²) in [4.78, 5) is 0. The summed E-state index contributed by atoms with van der Waals surface area (Å²) in [7, 11) is 0. The summed E-state index contributed by atoms with van der Waals surface area (Å²) in [6.07, 6.45) is 0. The highest BCUT2D eigenvalue weighted by molar-refractivity contribution is 7.27. The van der Waals surface area contributed by atoms with Crippen LogP contribution in [-0.4, -0.2) is 0 Å². The first-order valence-electron chi connectivity index (χ1n) is 17.2. The highest BCUT2D eigenvalue weighted by Gasteiger charge is 2.17. The van der Waals surface area contributed by atoms with Crippen LogP contribution in [0.15, 0.2) is 170 Å². The number of fused-ring (bicyclic) bond motifs is 9. The van der Waals surface area contributed by atoms with Gasteiger partial charge >= 0.3 is 0 Å². The number of benzene rings is 8. The van der Waals surface area contributed by atoms with Gasteiger partial charge in [0, 0.05) is 60.5 Å². The molecule has 0 unspecified atom stereocenters. The predicted molar refractivity (Wildman–Crippen MR) is 227 cm³/mol. The SMILES string of the molecule is c1ccc2c(c1)sc1c(-c3ccc(-c4cccc5sc6cccc(-c7ccc(-c8cccc9c8sc8ccccc89)cc7)c6c45)cc3)cccc12. The Kier molecular flexibility index (Phi) is 6.57. The molecule has 0 N–H and O–H groups in total. The molecule has 3 aromatic heterocycles. The van der Waals surface area contributed by atoms with E-state index in [0.717, 1.165) is 0 Å². The first-order valence-corrected chi connectivity index (χ1v) is 19.7. The lowest BCUT2D eigenvalue weighted by Gasteiger charge is -2.11. The van der Waals surface area contributed by atoms with Crippen LogP contribution in [0, 0.1) is 0 Å². The van der Waals surface area contributed by atoms with Gasteiger partial charge in [-0.05, 0) is 68.8 Å². The van der Waals surface area contributed by atoms with Crippen molar-refractivity contribution < 1.29 is 0 Å². The standard InChI is InChI=1S/C48H28S3/c1-3-17-41-37(9-1)39-15-5-13-35(47(39)50-41)31-25-21-29(22-26-31)33-11-7-19-43-45(33)46-34(12-8-20-44(46)49-43)30-23-27-32(28-24-30)36-14-6-16-40-38-10-2-4-18-42(38)51-48(36)40/h1-28H. The highest BCUT2D eigenvalue weighted by atomic mass is 32.1. The second-order valence-electron chi connectivity index (χ2n) is 13.2. The van der Waals surface area contributed by atoms with E-state index in [1.54, 1.807) is 0 Å². The van der Waals surface area contributed by atoms with E-state index in [9.17, 15) is 0 Å². The van der Waals surface area contributed by atoms with Crippen molar-refractivity contribution >= 4 is 94.5 Å². The van der Waals surface area contributed by atoms with Gasteiger partial charge in [-0.1, -0.05) is 146 Å². The number of thiophene rings is 3. The van der Waals surface area contributed by atoms with Gasteiger partial charge in [-0.25, -0.2) is 0 Å². The van der Waals surface area contributed by atoms with Crippen molar-refractivity contribution in [2.24, 2.45) is 0 Å². The van der Waals surface area contributed by atoms with E-state index < -0.39 is 0 Å². The summed E-state index contributed by atoms with van der Waals surface area (Å²) in [5.41, 5.74) is 10.2. The lowest BCUT2D eigenvalue weighted by Crippen LogP contribution is -1.85. The van der Waals surface area contributed by atoms with Gasteiger partial charge < -0.3 is 0 Å². The van der Waals surface area contributed by atoms with Crippen molar-refractivity contribution in [2.75, 3.05) is 0 Å². The van der Waals surface area contributed by atoms with E-state index in [1.807, 2.05) is 34.0 Å². The van der Waals surface area contributed by atoms with Crippen LogP contribution in [0.3, 0.4) is 0 Å². The molecule has 0 aliphatic carbocycles. The zero-order chi connectivity index (χ0) is 33.5. The molecule has 0 fully saturated rings. The predicted octanol–water partition coefficient (Wildman–Crippen LogP) is 15.5. The Morgan fingerprint density at radius 1 is 0.235 bits per heavy atom. The van der Waals surface area contributed by atoms with Crippen LogP contribution in [0.1, 0.15) is 0 Å². The monoisotopic (exact) mass is 700 g/mol. The Hall–Kier alpha value is -5.58. The topological polar surface area (TPSA) is 0 Å². The maximum atomic E-state index is 2.31. The molecule has 0 aliphatic heterocycles. The molecule has 3 heterocycles. The molecule has 0 aliphatic rings. The molecule has 51 heavy (non-hydrogen) atoms. The third-order valence-corrected chi connectivity index (χ3v) is 13.9. The summed E-state index contributed by atoms with van der Waals surface area (Å²) in [5.74, 6) is 0. The smallest absolute Gasteiger partial charge is 0.0433 e. The number of hydrogen-bond donors (Lipinski definition) is 0. The van der Waals surface area contributed by atoms with Crippen molar-refractivity contribution in [1.29, 1.82) is 0 Å². The van der Waals surface area contributed by atoms with E-state index in [4.69, 9.17) is 0 Å². The molecule has 0 radical (unpaired) electrons. The van der Waals surface area contributed by atoms with Gasteiger partial charge in [0.1, 0.15) is 0 Å². The van der Waals surface area contributed by atoms with E-state index in [1.165, 1.54) is 105 Å². The minimum Gasteiger partial charge on any atom is -0.135 e. The van der Waals surface area contributed by atoms with Crippen molar-refractivity contribution in [3.8, 4) is 44.5 Å². The third kappa shape index (κ3) is 4.56. The maximum Gasteiger partial charge on any atom is 0.0433 e. The first kappa shape index (κ1) is 29.2. The van der Waals surface area contributed by atoms with Gasteiger partial charge in [-0.15, -0.1) is 34.0 Å². The average molecular weight is 701 g/mol. The normalized spacial score (nSPS) is 11.9.